The number of nitrogens with one attached hydrogen (secondary N) is 3. The highest BCUT2D eigenvalue weighted by Crippen LogP contribution is 2.24. The van der Waals surface area contributed by atoms with Gasteiger partial charge < -0.3 is 26.0 Å². The molecule has 2 aliphatic heterocycles. The van der Waals surface area contributed by atoms with Gasteiger partial charge >= 0.3 is 6.03 Å². The minimum Gasteiger partial charge on any atom is -0.391 e. The minimum absolute atomic E-state index is 0.250. The molecule has 0 bridgehead atoms. The molecule has 2 fully saturated rings. The summed E-state index contributed by atoms with van der Waals surface area (Å²) in [5, 5.41) is 17.8. The molecule has 4 atom stereocenters. The molecule has 4 amide bonds. The van der Waals surface area contributed by atoms with Gasteiger partial charge in [-0.3, -0.25) is 9.59 Å². The number of piperazine rings is 1. The monoisotopic (exact) mass is 360 g/mol. The molecule has 2 aliphatic rings. The molecular formula is C18H24N4O4. The van der Waals surface area contributed by atoms with E-state index in [0.29, 0.717) is 12.1 Å². The number of amides is 4. The van der Waals surface area contributed by atoms with Gasteiger partial charge in [0.1, 0.15) is 12.1 Å². The summed E-state index contributed by atoms with van der Waals surface area (Å²) < 4.78 is 0. The zero-order chi connectivity index (χ0) is 19.0. The SMILES string of the molecule is Cc1ccc(NC(=O)N[C@H]2C[C@H]3C(=O)N[C@@H]([C@@H](C)O)C(=O)N3C2)cc1C. The maximum Gasteiger partial charge on any atom is 0.319 e. The smallest absolute Gasteiger partial charge is 0.319 e. The number of aryl methyl sites for hydroxylation is 2. The number of aliphatic hydroxyl groups excluding tert-OH is 1. The summed E-state index contributed by atoms with van der Waals surface area (Å²) in [6.07, 6.45) is -0.614. The van der Waals surface area contributed by atoms with Gasteiger partial charge in [0.25, 0.3) is 0 Å². The molecule has 0 saturated carbocycles. The lowest BCUT2D eigenvalue weighted by Gasteiger charge is -2.35. The van der Waals surface area contributed by atoms with Crippen molar-refractivity contribution in [3.63, 3.8) is 0 Å². The zero-order valence-corrected chi connectivity index (χ0v) is 15.1. The third-order valence-electron chi connectivity index (χ3n) is 5.03. The van der Waals surface area contributed by atoms with Crippen molar-refractivity contribution in [1.29, 1.82) is 0 Å². The van der Waals surface area contributed by atoms with E-state index in [-0.39, 0.29) is 30.4 Å². The molecular weight excluding hydrogens is 336 g/mol. The molecule has 26 heavy (non-hydrogen) atoms. The van der Waals surface area contributed by atoms with Gasteiger partial charge in [-0.15, -0.1) is 0 Å². The van der Waals surface area contributed by atoms with Crippen molar-refractivity contribution in [2.75, 3.05) is 11.9 Å². The van der Waals surface area contributed by atoms with Crippen LogP contribution in [0.1, 0.15) is 24.5 Å². The molecule has 0 spiro atoms. The Bertz CT molecular complexity index is 749. The summed E-state index contributed by atoms with van der Waals surface area (Å²) in [6, 6.07) is 3.40. The fraction of sp³-hybridized carbons (Fsp3) is 0.500. The lowest BCUT2D eigenvalue weighted by atomic mass is 10.0. The first-order valence-corrected chi connectivity index (χ1v) is 8.70. The first kappa shape index (κ1) is 18.2. The van der Waals surface area contributed by atoms with E-state index in [0.717, 1.165) is 11.1 Å². The van der Waals surface area contributed by atoms with Crippen molar-refractivity contribution in [2.24, 2.45) is 0 Å². The van der Waals surface area contributed by atoms with E-state index in [1.54, 1.807) is 0 Å². The van der Waals surface area contributed by atoms with Crippen molar-refractivity contribution < 1.29 is 19.5 Å². The Morgan fingerprint density at radius 2 is 2.04 bits per heavy atom. The van der Waals surface area contributed by atoms with Gasteiger partial charge in [0, 0.05) is 12.2 Å². The summed E-state index contributed by atoms with van der Waals surface area (Å²) >= 11 is 0. The molecule has 0 unspecified atom stereocenters. The number of anilines is 1. The van der Waals surface area contributed by atoms with Gasteiger partial charge in [0.2, 0.25) is 11.8 Å². The molecule has 1 aromatic rings. The van der Waals surface area contributed by atoms with Crippen LogP contribution in [0.3, 0.4) is 0 Å². The van der Waals surface area contributed by atoms with Crippen LogP contribution in [0.2, 0.25) is 0 Å². The van der Waals surface area contributed by atoms with E-state index in [2.05, 4.69) is 16.0 Å². The molecule has 2 saturated heterocycles. The Morgan fingerprint density at radius 3 is 2.69 bits per heavy atom. The first-order valence-electron chi connectivity index (χ1n) is 8.70. The van der Waals surface area contributed by atoms with Crippen molar-refractivity contribution in [3.05, 3.63) is 29.3 Å². The number of urea groups is 1. The average molecular weight is 360 g/mol. The molecule has 8 heteroatoms. The summed E-state index contributed by atoms with van der Waals surface area (Å²) in [5.74, 6) is -0.613. The van der Waals surface area contributed by atoms with Gasteiger partial charge in [0.15, 0.2) is 0 Å². The molecule has 8 nitrogen and oxygen atoms in total. The summed E-state index contributed by atoms with van der Waals surface area (Å²) in [7, 11) is 0. The summed E-state index contributed by atoms with van der Waals surface area (Å²) in [6.45, 7) is 5.68. The van der Waals surface area contributed by atoms with Gasteiger partial charge in [0.05, 0.1) is 12.1 Å². The second-order valence-electron chi connectivity index (χ2n) is 7.06. The molecule has 1 aromatic carbocycles. The lowest BCUT2D eigenvalue weighted by molar-refractivity contribution is -0.149. The van der Waals surface area contributed by atoms with E-state index in [4.69, 9.17) is 0 Å². The second-order valence-corrected chi connectivity index (χ2v) is 7.06. The Labute approximate surface area is 151 Å². The number of nitrogens with zero attached hydrogens (tertiary/aromatic N) is 1. The standard InChI is InChI=1S/C18H24N4O4/c1-9-4-5-12(6-10(9)2)19-18(26)20-13-7-14-16(24)21-15(11(3)23)17(25)22(14)8-13/h4-6,11,13-15,23H,7-8H2,1-3H3,(H,21,24)(H2,19,20,26)/t11-,13+,14+,15+/m1/s1. The zero-order valence-electron chi connectivity index (χ0n) is 15.1. The summed E-state index contributed by atoms with van der Waals surface area (Å²) in [5.41, 5.74) is 2.90. The van der Waals surface area contributed by atoms with Crippen LogP contribution in [0.25, 0.3) is 0 Å². The number of carbonyl (C=O) groups excluding carboxylic acids is 3. The minimum atomic E-state index is -0.965. The molecule has 140 valence electrons. The Morgan fingerprint density at radius 1 is 1.31 bits per heavy atom. The maximum atomic E-state index is 12.4. The Hall–Kier alpha value is -2.61. The molecule has 4 N–H and O–H groups in total. The lowest BCUT2D eigenvalue weighted by Crippen LogP contribution is -2.64. The predicted octanol–water partition coefficient (Wildman–Crippen LogP) is 0.274. The van der Waals surface area contributed by atoms with Crippen LogP contribution in [0.5, 0.6) is 0 Å². The van der Waals surface area contributed by atoms with Crippen molar-refractivity contribution in [2.45, 2.75) is 51.4 Å². The number of fused-ring (bicyclic) bond motifs is 1. The average Bonchev–Trinajstić information content (AvgIpc) is 2.98. The number of hydrogen-bond acceptors (Lipinski definition) is 4. The number of hydrogen-bond donors (Lipinski definition) is 4. The Kier molecular flexibility index (Phi) is 4.86. The van der Waals surface area contributed by atoms with Crippen molar-refractivity contribution >= 4 is 23.5 Å². The quantitative estimate of drug-likeness (QED) is 0.620. The maximum absolute atomic E-state index is 12.4. The number of rotatable bonds is 3. The van der Waals surface area contributed by atoms with Gasteiger partial charge in [-0.2, -0.15) is 0 Å². The van der Waals surface area contributed by atoms with Gasteiger partial charge in [-0.05, 0) is 50.5 Å². The fourth-order valence-electron chi connectivity index (χ4n) is 3.42. The van der Waals surface area contributed by atoms with Crippen LogP contribution < -0.4 is 16.0 Å². The molecule has 0 radical (unpaired) electrons. The fourth-order valence-corrected chi connectivity index (χ4v) is 3.42. The van der Waals surface area contributed by atoms with E-state index in [9.17, 15) is 19.5 Å². The van der Waals surface area contributed by atoms with Gasteiger partial charge in [-0.1, -0.05) is 6.07 Å². The Balaban J connectivity index is 1.61. The second kappa shape index (κ2) is 6.95. The highest BCUT2D eigenvalue weighted by molar-refractivity contribution is 5.98. The van der Waals surface area contributed by atoms with Crippen molar-refractivity contribution in [1.82, 2.24) is 15.5 Å². The summed E-state index contributed by atoms with van der Waals surface area (Å²) in [4.78, 5) is 38.3. The third kappa shape index (κ3) is 3.50. The van der Waals surface area contributed by atoms with Crippen LogP contribution in [0.4, 0.5) is 10.5 Å². The third-order valence-corrected chi connectivity index (χ3v) is 5.03. The van der Waals surface area contributed by atoms with Crippen LogP contribution in [-0.2, 0) is 9.59 Å². The highest BCUT2D eigenvalue weighted by atomic mass is 16.3. The predicted molar refractivity (Wildman–Crippen MR) is 95.6 cm³/mol. The van der Waals surface area contributed by atoms with Crippen LogP contribution in [-0.4, -0.2) is 58.6 Å². The molecule has 3 rings (SSSR count). The number of carbonyl (C=O) groups is 3. The molecule has 0 aliphatic carbocycles. The van der Waals surface area contributed by atoms with Gasteiger partial charge in [-0.25, -0.2) is 4.79 Å². The van der Waals surface area contributed by atoms with Crippen LogP contribution in [0.15, 0.2) is 18.2 Å². The van der Waals surface area contributed by atoms with Crippen molar-refractivity contribution in [3.8, 4) is 0 Å². The topological polar surface area (TPSA) is 111 Å². The number of aliphatic hydroxyl groups is 1. The van der Waals surface area contributed by atoms with Crippen LogP contribution >= 0.6 is 0 Å². The van der Waals surface area contributed by atoms with E-state index >= 15 is 0 Å². The first-order chi connectivity index (χ1) is 12.3. The highest BCUT2D eigenvalue weighted by Gasteiger charge is 2.47. The normalized spacial score (nSPS) is 26.2. The van der Waals surface area contributed by atoms with Crippen LogP contribution in [0, 0.1) is 13.8 Å². The van der Waals surface area contributed by atoms with E-state index in [1.807, 2.05) is 32.0 Å². The molecule has 2 heterocycles. The van der Waals surface area contributed by atoms with E-state index in [1.165, 1.54) is 11.8 Å². The van der Waals surface area contributed by atoms with E-state index < -0.39 is 18.2 Å². The largest absolute Gasteiger partial charge is 0.391 e. The molecule has 0 aromatic heterocycles. The number of benzene rings is 1.